The first-order valence-corrected chi connectivity index (χ1v) is 8.23. The van der Waals surface area contributed by atoms with Crippen molar-refractivity contribution < 1.29 is 14.6 Å². The van der Waals surface area contributed by atoms with E-state index in [1.165, 1.54) is 12.8 Å². The summed E-state index contributed by atoms with van der Waals surface area (Å²) in [6.45, 7) is 7.16. The third-order valence-electron chi connectivity index (χ3n) is 4.31. The second kappa shape index (κ2) is 7.37. The smallest absolute Gasteiger partial charge is 0.162 e. The zero-order valence-electron chi connectivity index (χ0n) is 13.1. The van der Waals surface area contributed by atoms with Gasteiger partial charge >= 0.3 is 0 Å². The largest absolute Gasteiger partial charge is 0.490 e. The molecule has 1 aliphatic rings. The lowest BCUT2D eigenvalue weighted by Crippen LogP contribution is -2.16. The van der Waals surface area contributed by atoms with Crippen molar-refractivity contribution in [1.82, 2.24) is 0 Å². The average Bonchev–Trinajstić information content (AvgIpc) is 2.87. The fraction of sp³-hybridized carbons (Fsp3) is 0.647. The molecule has 0 bridgehead atoms. The van der Waals surface area contributed by atoms with E-state index >= 15 is 0 Å². The van der Waals surface area contributed by atoms with Gasteiger partial charge in [0, 0.05) is 11.6 Å². The predicted octanol–water partition coefficient (Wildman–Crippen LogP) is 4.61. The monoisotopic (exact) mass is 312 g/mol. The lowest BCUT2D eigenvalue weighted by molar-refractivity contribution is 0.0897. The molecule has 2 rings (SSSR count). The van der Waals surface area contributed by atoms with Crippen molar-refractivity contribution in [2.75, 3.05) is 13.2 Å². The van der Waals surface area contributed by atoms with E-state index in [1.54, 1.807) is 6.07 Å². The molecule has 4 heteroatoms. The van der Waals surface area contributed by atoms with Crippen molar-refractivity contribution in [2.24, 2.45) is 11.8 Å². The normalized spacial score (nSPS) is 23.1. The van der Waals surface area contributed by atoms with Gasteiger partial charge in [-0.05, 0) is 38.2 Å². The number of benzene rings is 1. The Morgan fingerprint density at radius 3 is 2.33 bits per heavy atom. The van der Waals surface area contributed by atoms with Gasteiger partial charge in [0.1, 0.15) is 0 Å². The molecular weight excluding hydrogens is 288 g/mol. The van der Waals surface area contributed by atoms with Crippen LogP contribution in [0.3, 0.4) is 0 Å². The Hall–Kier alpha value is -0.930. The van der Waals surface area contributed by atoms with Gasteiger partial charge in [-0.2, -0.15) is 0 Å². The summed E-state index contributed by atoms with van der Waals surface area (Å²) in [5, 5.41) is 11.3. The highest BCUT2D eigenvalue weighted by Gasteiger charge is 2.32. The molecular formula is C17H25ClO3. The molecule has 0 heterocycles. The van der Waals surface area contributed by atoms with E-state index in [0.29, 0.717) is 35.7 Å². The van der Waals surface area contributed by atoms with Gasteiger partial charge in [0.15, 0.2) is 11.5 Å². The Kier molecular flexibility index (Phi) is 5.77. The summed E-state index contributed by atoms with van der Waals surface area (Å²) in [5.41, 5.74) is 0.752. The van der Waals surface area contributed by atoms with Crippen molar-refractivity contribution in [2.45, 2.75) is 46.1 Å². The Morgan fingerprint density at radius 1 is 1.19 bits per heavy atom. The third-order valence-corrected chi connectivity index (χ3v) is 4.64. The highest BCUT2D eigenvalue weighted by molar-refractivity contribution is 6.31. The molecule has 0 spiro atoms. The van der Waals surface area contributed by atoms with Crippen LogP contribution in [0.4, 0.5) is 0 Å². The standard InChI is InChI=1S/C17H25ClO3/c1-4-20-15-9-13(14(18)10-16(15)21-5-2)17(19)12-8-6-7-11(12)3/h9-12,17,19H,4-8H2,1-3H3. The average molecular weight is 313 g/mol. The second-order valence-corrected chi connectivity index (χ2v) is 6.11. The van der Waals surface area contributed by atoms with Crippen LogP contribution >= 0.6 is 11.6 Å². The molecule has 1 aliphatic carbocycles. The summed E-state index contributed by atoms with van der Waals surface area (Å²) in [6, 6.07) is 3.60. The van der Waals surface area contributed by atoms with Gasteiger partial charge in [-0.1, -0.05) is 31.4 Å². The van der Waals surface area contributed by atoms with E-state index in [0.717, 1.165) is 12.0 Å². The molecule has 21 heavy (non-hydrogen) atoms. The van der Waals surface area contributed by atoms with Crippen LogP contribution in [0.5, 0.6) is 11.5 Å². The van der Waals surface area contributed by atoms with E-state index in [1.807, 2.05) is 19.9 Å². The molecule has 1 fully saturated rings. The van der Waals surface area contributed by atoms with Gasteiger partial charge < -0.3 is 14.6 Å². The Labute approximate surface area is 132 Å². The van der Waals surface area contributed by atoms with Gasteiger partial charge in [-0.3, -0.25) is 0 Å². The number of rotatable bonds is 6. The summed E-state index contributed by atoms with van der Waals surface area (Å²) in [7, 11) is 0. The molecule has 118 valence electrons. The Morgan fingerprint density at radius 2 is 1.81 bits per heavy atom. The van der Waals surface area contributed by atoms with Gasteiger partial charge in [-0.15, -0.1) is 0 Å². The minimum absolute atomic E-state index is 0.273. The number of hydrogen-bond acceptors (Lipinski definition) is 3. The Balaban J connectivity index is 2.31. The number of ether oxygens (including phenoxy) is 2. The van der Waals surface area contributed by atoms with Crippen molar-refractivity contribution in [3.05, 3.63) is 22.7 Å². The van der Waals surface area contributed by atoms with Crippen molar-refractivity contribution in [1.29, 1.82) is 0 Å². The van der Waals surface area contributed by atoms with Gasteiger partial charge in [-0.25, -0.2) is 0 Å². The Bertz CT molecular complexity index is 475. The van der Waals surface area contributed by atoms with Crippen LogP contribution in [0, 0.1) is 11.8 Å². The molecule has 3 nitrogen and oxygen atoms in total. The zero-order valence-corrected chi connectivity index (χ0v) is 13.8. The second-order valence-electron chi connectivity index (χ2n) is 5.70. The molecule has 1 saturated carbocycles. The van der Waals surface area contributed by atoms with Crippen molar-refractivity contribution >= 4 is 11.6 Å². The number of hydrogen-bond donors (Lipinski definition) is 1. The molecule has 0 amide bonds. The van der Waals surface area contributed by atoms with E-state index in [-0.39, 0.29) is 5.92 Å². The van der Waals surface area contributed by atoms with E-state index in [4.69, 9.17) is 21.1 Å². The topological polar surface area (TPSA) is 38.7 Å². The minimum Gasteiger partial charge on any atom is -0.490 e. The van der Waals surface area contributed by atoms with Crippen LogP contribution in [0.15, 0.2) is 12.1 Å². The predicted molar refractivity (Wildman–Crippen MR) is 85.3 cm³/mol. The zero-order chi connectivity index (χ0) is 15.4. The SMILES string of the molecule is CCOc1cc(Cl)c(C(O)C2CCCC2C)cc1OCC. The van der Waals surface area contributed by atoms with Crippen molar-refractivity contribution in [3.63, 3.8) is 0 Å². The lowest BCUT2D eigenvalue weighted by Gasteiger charge is -2.24. The first-order chi connectivity index (χ1) is 10.1. The van der Waals surface area contributed by atoms with E-state index in [2.05, 4.69) is 6.92 Å². The molecule has 3 atom stereocenters. The maximum atomic E-state index is 10.7. The van der Waals surface area contributed by atoms with Gasteiger partial charge in [0.2, 0.25) is 0 Å². The van der Waals surface area contributed by atoms with Gasteiger partial charge in [0.25, 0.3) is 0 Å². The summed E-state index contributed by atoms with van der Waals surface area (Å²) >= 11 is 6.36. The summed E-state index contributed by atoms with van der Waals surface area (Å²) < 4.78 is 11.2. The molecule has 0 aliphatic heterocycles. The molecule has 0 aromatic heterocycles. The fourth-order valence-electron chi connectivity index (χ4n) is 3.19. The lowest BCUT2D eigenvalue weighted by atomic mass is 9.88. The van der Waals surface area contributed by atoms with Crippen molar-refractivity contribution in [3.8, 4) is 11.5 Å². The number of aliphatic hydroxyl groups is 1. The molecule has 1 N–H and O–H groups in total. The van der Waals surface area contributed by atoms with Crippen LogP contribution in [0.25, 0.3) is 0 Å². The number of halogens is 1. The molecule has 0 radical (unpaired) electrons. The summed E-state index contributed by atoms with van der Waals surface area (Å²) in [6.07, 6.45) is 2.87. The molecule has 0 saturated heterocycles. The van der Waals surface area contributed by atoms with Crippen LogP contribution in [0.1, 0.15) is 51.7 Å². The van der Waals surface area contributed by atoms with Crippen LogP contribution in [-0.4, -0.2) is 18.3 Å². The first-order valence-electron chi connectivity index (χ1n) is 7.85. The maximum absolute atomic E-state index is 10.7. The highest BCUT2D eigenvalue weighted by atomic mass is 35.5. The van der Waals surface area contributed by atoms with E-state index < -0.39 is 6.10 Å². The fourth-order valence-corrected chi connectivity index (χ4v) is 3.45. The third kappa shape index (κ3) is 3.64. The molecule has 1 aromatic carbocycles. The summed E-state index contributed by atoms with van der Waals surface area (Å²) in [5.74, 6) is 2.09. The van der Waals surface area contributed by atoms with Crippen LogP contribution < -0.4 is 9.47 Å². The van der Waals surface area contributed by atoms with Gasteiger partial charge in [0.05, 0.1) is 24.3 Å². The maximum Gasteiger partial charge on any atom is 0.162 e. The number of aliphatic hydroxyl groups excluding tert-OH is 1. The summed E-state index contributed by atoms with van der Waals surface area (Å²) in [4.78, 5) is 0. The first kappa shape index (κ1) is 16.4. The molecule has 3 unspecified atom stereocenters. The minimum atomic E-state index is -0.537. The quantitative estimate of drug-likeness (QED) is 0.834. The van der Waals surface area contributed by atoms with Crippen LogP contribution in [-0.2, 0) is 0 Å². The van der Waals surface area contributed by atoms with Crippen LogP contribution in [0.2, 0.25) is 5.02 Å². The molecule has 1 aromatic rings. The van der Waals surface area contributed by atoms with E-state index in [9.17, 15) is 5.11 Å². The highest BCUT2D eigenvalue weighted by Crippen LogP contribution is 2.44.